The smallest absolute Gasteiger partial charge is 0.252 e. The third kappa shape index (κ3) is 2.95. The summed E-state index contributed by atoms with van der Waals surface area (Å²) in [6, 6.07) is 11.6. The Morgan fingerprint density at radius 1 is 1.29 bits per heavy atom. The van der Waals surface area contributed by atoms with E-state index in [-0.39, 0.29) is 18.0 Å². The molecule has 0 fully saturated rings. The predicted octanol–water partition coefficient (Wildman–Crippen LogP) is 3.39. The van der Waals surface area contributed by atoms with Crippen LogP contribution in [-0.4, -0.2) is 15.9 Å². The average molecular weight is 348 g/mol. The molecule has 0 aliphatic heterocycles. The number of aromatic amines is 1. The summed E-state index contributed by atoms with van der Waals surface area (Å²) in [5.74, 6) is -0.161. The first-order chi connectivity index (χ1) is 10.1. The molecule has 2 N–H and O–H groups in total. The van der Waals surface area contributed by atoms with Crippen LogP contribution in [-0.2, 0) is 6.54 Å². The van der Waals surface area contributed by atoms with Crippen LogP contribution >= 0.6 is 15.9 Å². The molecule has 2 aromatic carbocycles. The van der Waals surface area contributed by atoms with Gasteiger partial charge in [0.05, 0.1) is 23.1 Å². The summed E-state index contributed by atoms with van der Waals surface area (Å²) in [6.07, 6.45) is 0. The average Bonchev–Trinajstić information content (AvgIpc) is 2.90. The number of fused-ring (bicyclic) bond motifs is 1. The first kappa shape index (κ1) is 13.8. The summed E-state index contributed by atoms with van der Waals surface area (Å²) in [5, 5.41) is 2.71. The number of carbonyl (C=O) groups excluding carboxylic acids is 1. The van der Waals surface area contributed by atoms with Gasteiger partial charge in [0.15, 0.2) is 0 Å². The minimum Gasteiger partial charge on any atom is -0.345 e. The summed E-state index contributed by atoms with van der Waals surface area (Å²) in [4.78, 5) is 19.5. The van der Waals surface area contributed by atoms with Crippen molar-refractivity contribution in [3.05, 3.63) is 64.1 Å². The zero-order chi connectivity index (χ0) is 14.8. The van der Waals surface area contributed by atoms with Crippen molar-refractivity contribution in [2.45, 2.75) is 6.54 Å². The number of aromatic nitrogens is 2. The molecule has 0 atom stereocenters. The second-order valence-corrected chi connectivity index (χ2v) is 5.36. The van der Waals surface area contributed by atoms with E-state index < -0.39 is 5.82 Å². The lowest BCUT2D eigenvalue weighted by Gasteiger charge is -2.05. The lowest BCUT2D eigenvalue weighted by molar-refractivity contribution is 0.0948. The molecule has 1 heterocycles. The van der Waals surface area contributed by atoms with Gasteiger partial charge in [0, 0.05) is 4.47 Å². The highest BCUT2D eigenvalue weighted by Gasteiger charge is 2.11. The van der Waals surface area contributed by atoms with Crippen molar-refractivity contribution in [3.8, 4) is 0 Å². The van der Waals surface area contributed by atoms with E-state index in [4.69, 9.17) is 0 Å². The second kappa shape index (κ2) is 5.65. The largest absolute Gasteiger partial charge is 0.345 e. The van der Waals surface area contributed by atoms with Gasteiger partial charge in [-0.2, -0.15) is 0 Å². The zero-order valence-corrected chi connectivity index (χ0v) is 12.4. The summed E-state index contributed by atoms with van der Waals surface area (Å²) in [5.41, 5.74) is 2.01. The standard InChI is InChI=1S/C15H11BrFN3O/c16-11-6-5-9(17)7-10(11)15(21)18-8-14-19-12-3-1-2-4-13(12)20-14/h1-7H,8H2,(H,18,21)(H,19,20). The van der Waals surface area contributed by atoms with E-state index in [2.05, 4.69) is 31.2 Å². The van der Waals surface area contributed by atoms with Crippen molar-refractivity contribution < 1.29 is 9.18 Å². The maximum absolute atomic E-state index is 13.2. The molecule has 0 spiro atoms. The van der Waals surface area contributed by atoms with Crippen LogP contribution in [0.3, 0.4) is 0 Å². The fourth-order valence-corrected chi connectivity index (χ4v) is 2.45. The summed E-state index contributed by atoms with van der Waals surface area (Å²) >= 11 is 3.23. The molecular weight excluding hydrogens is 337 g/mol. The molecule has 0 saturated heterocycles. The van der Waals surface area contributed by atoms with Gasteiger partial charge in [0.25, 0.3) is 5.91 Å². The lowest BCUT2D eigenvalue weighted by Crippen LogP contribution is -2.23. The van der Waals surface area contributed by atoms with Crippen LogP contribution in [0, 0.1) is 5.82 Å². The van der Waals surface area contributed by atoms with E-state index in [0.717, 1.165) is 11.0 Å². The van der Waals surface area contributed by atoms with Crippen molar-refractivity contribution in [2.75, 3.05) is 0 Å². The molecule has 4 nitrogen and oxygen atoms in total. The molecule has 0 aliphatic carbocycles. The van der Waals surface area contributed by atoms with Crippen molar-refractivity contribution in [2.24, 2.45) is 0 Å². The van der Waals surface area contributed by atoms with Crippen LogP contribution < -0.4 is 5.32 Å². The van der Waals surface area contributed by atoms with Crippen molar-refractivity contribution in [1.82, 2.24) is 15.3 Å². The SMILES string of the molecule is O=C(NCc1nc2ccccc2[nH]1)c1cc(F)ccc1Br. The summed E-state index contributed by atoms with van der Waals surface area (Å²) in [7, 11) is 0. The number of para-hydroxylation sites is 2. The van der Waals surface area contributed by atoms with E-state index in [1.165, 1.54) is 18.2 Å². The van der Waals surface area contributed by atoms with Crippen LogP contribution in [0.4, 0.5) is 4.39 Å². The van der Waals surface area contributed by atoms with Gasteiger partial charge in [-0.25, -0.2) is 9.37 Å². The van der Waals surface area contributed by atoms with Crippen LogP contribution in [0.5, 0.6) is 0 Å². The fourth-order valence-electron chi connectivity index (χ4n) is 2.02. The van der Waals surface area contributed by atoms with E-state index in [1.807, 2.05) is 24.3 Å². The van der Waals surface area contributed by atoms with E-state index in [1.54, 1.807) is 0 Å². The highest BCUT2D eigenvalue weighted by atomic mass is 79.9. The van der Waals surface area contributed by atoms with Gasteiger partial charge >= 0.3 is 0 Å². The van der Waals surface area contributed by atoms with Gasteiger partial charge in [-0.15, -0.1) is 0 Å². The van der Waals surface area contributed by atoms with E-state index in [9.17, 15) is 9.18 Å². The predicted molar refractivity (Wildman–Crippen MR) is 81.4 cm³/mol. The fraction of sp³-hybridized carbons (Fsp3) is 0.0667. The number of amides is 1. The van der Waals surface area contributed by atoms with Crippen LogP contribution in [0.15, 0.2) is 46.9 Å². The number of halogens is 2. The Kier molecular flexibility index (Phi) is 3.70. The van der Waals surface area contributed by atoms with Gasteiger partial charge in [-0.05, 0) is 46.3 Å². The Morgan fingerprint density at radius 2 is 2.10 bits per heavy atom. The number of benzene rings is 2. The van der Waals surface area contributed by atoms with Gasteiger partial charge in [-0.3, -0.25) is 4.79 Å². The van der Waals surface area contributed by atoms with Gasteiger partial charge in [0.1, 0.15) is 11.6 Å². The number of hydrogen-bond donors (Lipinski definition) is 2. The van der Waals surface area contributed by atoms with E-state index >= 15 is 0 Å². The Bertz CT molecular complexity index is 783. The van der Waals surface area contributed by atoms with Crippen LogP contribution in [0.25, 0.3) is 11.0 Å². The van der Waals surface area contributed by atoms with Crippen molar-refractivity contribution in [3.63, 3.8) is 0 Å². The highest BCUT2D eigenvalue weighted by Crippen LogP contribution is 2.18. The van der Waals surface area contributed by atoms with Gasteiger partial charge < -0.3 is 10.3 Å². The Hall–Kier alpha value is -2.21. The third-order valence-corrected chi connectivity index (χ3v) is 3.72. The number of H-pyrrole nitrogens is 1. The molecule has 0 unspecified atom stereocenters. The zero-order valence-electron chi connectivity index (χ0n) is 10.9. The van der Waals surface area contributed by atoms with Gasteiger partial charge in [-0.1, -0.05) is 12.1 Å². The first-order valence-electron chi connectivity index (χ1n) is 6.30. The molecule has 3 rings (SSSR count). The molecule has 1 amide bonds. The molecule has 3 aromatic rings. The van der Waals surface area contributed by atoms with Crippen molar-refractivity contribution >= 4 is 32.9 Å². The Morgan fingerprint density at radius 3 is 2.90 bits per heavy atom. The molecule has 0 bridgehead atoms. The molecule has 6 heteroatoms. The monoisotopic (exact) mass is 347 g/mol. The second-order valence-electron chi connectivity index (χ2n) is 4.51. The van der Waals surface area contributed by atoms with Crippen molar-refractivity contribution in [1.29, 1.82) is 0 Å². The minimum atomic E-state index is -0.452. The highest BCUT2D eigenvalue weighted by molar-refractivity contribution is 9.10. The summed E-state index contributed by atoms with van der Waals surface area (Å²) in [6.45, 7) is 0.246. The molecule has 0 saturated carbocycles. The van der Waals surface area contributed by atoms with Crippen LogP contribution in [0.2, 0.25) is 0 Å². The molecule has 0 aliphatic rings. The maximum Gasteiger partial charge on any atom is 0.252 e. The molecule has 1 aromatic heterocycles. The summed E-state index contributed by atoms with van der Waals surface area (Å²) < 4.78 is 13.7. The molecule has 21 heavy (non-hydrogen) atoms. The van der Waals surface area contributed by atoms with E-state index in [0.29, 0.717) is 10.3 Å². The maximum atomic E-state index is 13.2. The number of rotatable bonds is 3. The molecular formula is C15H11BrFN3O. The first-order valence-corrected chi connectivity index (χ1v) is 7.09. The quantitative estimate of drug-likeness (QED) is 0.762. The number of imidazole rings is 1. The van der Waals surface area contributed by atoms with Crippen LogP contribution in [0.1, 0.15) is 16.2 Å². The molecule has 106 valence electrons. The van der Waals surface area contributed by atoms with Gasteiger partial charge in [0.2, 0.25) is 0 Å². The Labute approximate surface area is 128 Å². The normalized spacial score (nSPS) is 10.8. The lowest BCUT2D eigenvalue weighted by atomic mass is 10.2. The molecule has 0 radical (unpaired) electrons. The third-order valence-electron chi connectivity index (χ3n) is 3.03. The Balaban J connectivity index is 1.74. The topological polar surface area (TPSA) is 57.8 Å². The number of nitrogens with one attached hydrogen (secondary N) is 2. The number of hydrogen-bond acceptors (Lipinski definition) is 2. The number of carbonyl (C=O) groups is 1. The number of nitrogens with zero attached hydrogens (tertiary/aromatic N) is 1. The minimum absolute atomic E-state index is 0.246.